The summed E-state index contributed by atoms with van der Waals surface area (Å²) in [5, 5.41) is 19.2. The third-order valence-electron chi connectivity index (χ3n) is 6.62. The highest BCUT2D eigenvalue weighted by atomic mass is 19.4. The maximum Gasteiger partial charge on any atom is 0.417 e. The molecule has 2 aliphatic rings. The van der Waals surface area contributed by atoms with Crippen LogP contribution in [0, 0.1) is 28.5 Å². The number of likely N-dealkylation sites (tertiary alicyclic amines) is 1. The maximum absolute atomic E-state index is 13.4. The fourth-order valence-electron chi connectivity index (χ4n) is 4.76. The van der Waals surface area contributed by atoms with Crippen molar-refractivity contribution in [3.63, 3.8) is 0 Å². The van der Waals surface area contributed by atoms with E-state index < -0.39 is 28.5 Å². The molecule has 9 heteroatoms. The van der Waals surface area contributed by atoms with Crippen molar-refractivity contribution in [2.75, 3.05) is 37.7 Å². The van der Waals surface area contributed by atoms with Crippen LogP contribution in [0.1, 0.15) is 27.9 Å². The van der Waals surface area contributed by atoms with Crippen LogP contribution in [0.3, 0.4) is 0 Å². The Hall–Kier alpha value is -3.12. The number of aliphatic hydroxyl groups is 1. The summed E-state index contributed by atoms with van der Waals surface area (Å²) in [5.41, 5.74) is -1.27. The van der Waals surface area contributed by atoms with Gasteiger partial charge in [-0.2, -0.15) is 18.4 Å². The molecule has 5 nitrogen and oxygen atoms in total. The van der Waals surface area contributed by atoms with E-state index in [2.05, 4.69) is 0 Å². The van der Waals surface area contributed by atoms with Gasteiger partial charge in [-0.3, -0.25) is 4.79 Å². The molecule has 2 saturated heterocycles. The number of rotatable bonds is 3. The SMILES string of the molecule is N#Cc1ccc(N2C[C@H]3CN(C(=O)c4ccc(F)cc4)CC[C@@]3(CO)C2)cc1C(F)(F)F. The molecule has 0 bridgehead atoms. The number of hydrogen-bond donors (Lipinski definition) is 1. The number of halogens is 4. The first kappa shape index (κ1) is 22.1. The number of alkyl halides is 3. The van der Waals surface area contributed by atoms with E-state index in [1.807, 2.05) is 0 Å². The van der Waals surface area contributed by atoms with E-state index in [1.165, 1.54) is 30.3 Å². The van der Waals surface area contributed by atoms with Gasteiger partial charge in [0.05, 0.1) is 23.8 Å². The van der Waals surface area contributed by atoms with Crippen LogP contribution in [0.15, 0.2) is 42.5 Å². The highest BCUT2D eigenvalue weighted by Gasteiger charge is 2.50. The van der Waals surface area contributed by atoms with Gasteiger partial charge in [0, 0.05) is 48.8 Å². The number of carbonyl (C=O) groups excluding carboxylic acids is 1. The second-order valence-corrected chi connectivity index (χ2v) is 8.45. The van der Waals surface area contributed by atoms with Crippen LogP contribution in [0.4, 0.5) is 23.2 Å². The molecule has 0 saturated carbocycles. The minimum absolute atomic E-state index is 0.143. The number of hydrogen-bond acceptors (Lipinski definition) is 4. The van der Waals surface area contributed by atoms with Crippen molar-refractivity contribution in [1.29, 1.82) is 5.26 Å². The molecule has 2 atom stereocenters. The lowest BCUT2D eigenvalue weighted by Gasteiger charge is -2.42. The van der Waals surface area contributed by atoms with E-state index in [1.54, 1.807) is 15.9 Å². The average Bonchev–Trinajstić information content (AvgIpc) is 3.17. The Kier molecular flexibility index (Phi) is 5.59. The predicted octanol–water partition coefficient (Wildman–Crippen LogP) is 3.68. The summed E-state index contributed by atoms with van der Waals surface area (Å²) >= 11 is 0. The number of anilines is 1. The van der Waals surface area contributed by atoms with Gasteiger partial charge < -0.3 is 14.9 Å². The van der Waals surface area contributed by atoms with Gasteiger partial charge in [0.1, 0.15) is 5.82 Å². The normalized spacial score (nSPS) is 23.1. The van der Waals surface area contributed by atoms with Gasteiger partial charge in [-0.15, -0.1) is 0 Å². The van der Waals surface area contributed by atoms with Crippen molar-refractivity contribution in [2.45, 2.75) is 12.6 Å². The first-order valence-corrected chi connectivity index (χ1v) is 10.2. The van der Waals surface area contributed by atoms with E-state index in [-0.39, 0.29) is 18.4 Å². The Bertz CT molecular complexity index is 1060. The molecule has 2 heterocycles. The molecule has 2 aromatic rings. The molecule has 0 aliphatic carbocycles. The standard InChI is InChI=1S/C23H21F4N3O2/c24-18-4-1-15(2-5-18)21(32)29-8-7-22(14-31)13-30(12-17(22)11-29)19-6-3-16(10-28)20(9-19)23(25,26)27/h1-6,9,17,31H,7-8,11-14H2/t17-,22+/m1/s1. The topological polar surface area (TPSA) is 67.6 Å². The first-order chi connectivity index (χ1) is 15.2. The summed E-state index contributed by atoms with van der Waals surface area (Å²) < 4.78 is 53.3. The van der Waals surface area contributed by atoms with Crippen molar-refractivity contribution in [1.82, 2.24) is 4.90 Å². The van der Waals surface area contributed by atoms with E-state index in [0.29, 0.717) is 43.9 Å². The minimum Gasteiger partial charge on any atom is -0.396 e. The van der Waals surface area contributed by atoms with Gasteiger partial charge in [0.15, 0.2) is 0 Å². The van der Waals surface area contributed by atoms with E-state index in [0.717, 1.165) is 12.1 Å². The number of fused-ring (bicyclic) bond motifs is 1. The van der Waals surface area contributed by atoms with Crippen LogP contribution in [0.25, 0.3) is 0 Å². The van der Waals surface area contributed by atoms with E-state index >= 15 is 0 Å². The molecule has 0 spiro atoms. The molecule has 32 heavy (non-hydrogen) atoms. The van der Waals surface area contributed by atoms with Crippen molar-refractivity contribution in [2.24, 2.45) is 11.3 Å². The fourth-order valence-corrected chi connectivity index (χ4v) is 4.76. The lowest BCUT2D eigenvalue weighted by atomic mass is 9.73. The minimum atomic E-state index is -4.65. The van der Waals surface area contributed by atoms with Gasteiger partial charge in [0.25, 0.3) is 5.91 Å². The van der Waals surface area contributed by atoms with Gasteiger partial charge in [-0.05, 0) is 48.9 Å². The number of nitrogens with zero attached hydrogens (tertiary/aromatic N) is 3. The summed E-state index contributed by atoms with van der Waals surface area (Å²) in [6, 6.07) is 10.5. The summed E-state index contributed by atoms with van der Waals surface area (Å²) in [6.45, 7) is 1.32. The fraction of sp³-hybridized carbons (Fsp3) is 0.391. The smallest absolute Gasteiger partial charge is 0.396 e. The van der Waals surface area contributed by atoms with Crippen LogP contribution in [0.5, 0.6) is 0 Å². The van der Waals surface area contributed by atoms with Gasteiger partial charge in [-0.1, -0.05) is 0 Å². The Morgan fingerprint density at radius 2 is 1.91 bits per heavy atom. The molecule has 4 rings (SSSR count). The number of carbonyl (C=O) groups is 1. The molecule has 1 amide bonds. The number of nitriles is 1. The Balaban J connectivity index is 1.57. The lowest BCUT2D eigenvalue weighted by Crippen LogP contribution is -2.50. The monoisotopic (exact) mass is 447 g/mol. The quantitative estimate of drug-likeness (QED) is 0.729. The zero-order valence-electron chi connectivity index (χ0n) is 17.1. The molecular formula is C23H21F4N3O2. The van der Waals surface area contributed by atoms with Crippen LogP contribution in [0.2, 0.25) is 0 Å². The summed E-state index contributed by atoms with van der Waals surface area (Å²) in [5.74, 6) is -0.824. The third kappa shape index (κ3) is 3.91. The third-order valence-corrected chi connectivity index (χ3v) is 6.62. The second-order valence-electron chi connectivity index (χ2n) is 8.45. The Morgan fingerprint density at radius 1 is 1.19 bits per heavy atom. The zero-order chi connectivity index (χ0) is 23.1. The molecular weight excluding hydrogens is 426 g/mol. The maximum atomic E-state index is 13.4. The molecule has 0 aromatic heterocycles. The number of aliphatic hydroxyl groups excluding tert-OH is 1. The first-order valence-electron chi connectivity index (χ1n) is 10.2. The molecule has 2 aliphatic heterocycles. The van der Waals surface area contributed by atoms with Crippen molar-refractivity contribution in [3.05, 3.63) is 65.0 Å². The molecule has 0 unspecified atom stereocenters. The van der Waals surface area contributed by atoms with E-state index in [9.17, 15) is 27.5 Å². The molecule has 2 aromatic carbocycles. The van der Waals surface area contributed by atoms with Gasteiger partial charge >= 0.3 is 6.18 Å². The highest BCUT2D eigenvalue weighted by Crippen LogP contribution is 2.45. The number of amides is 1. The van der Waals surface area contributed by atoms with Gasteiger partial charge in [-0.25, -0.2) is 4.39 Å². The molecule has 168 valence electrons. The van der Waals surface area contributed by atoms with Crippen molar-refractivity contribution >= 4 is 11.6 Å². The largest absolute Gasteiger partial charge is 0.417 e. The summed E-state index contributed by atoms with van der Waals surface area (Å²) in [4.78, 5) is 16.3. The summed E-state index contributed by atoms with van der Waals surface area (Å²) in [6.07, 6.45) is -4.15. The summed E-state index contributed by atoms with van der Waals surface area (Å²) in [7, 11) is 0. The van der Waals surface area contributed by atoms with Crippen molar-refractivity contribution in [3.8, 4) is 6.07 Å². The van der Waals surface area contributed by atoms with Crippen LogP contribution >= 0.6 is 0 Å². The molecule has 2 fully saturated rings. The molecule has 1 N–H and O–H groups in total. The van der Waals surface area contributed by atoms with Gasteiger partial charge in [0.2, 0.25) is 0 Å². The Labute approximate surface area is 182 Å². The van der Waals surface area contributed by atoms with Crippen LogP contribution in [-0.2, 0) is 6.18 Å². The molecule has 0 radical (unpaired) electrons. The Morgan fingerprint density at radius 3 is 2.53 bits per heavy atom. The number of piperidine rings is 1. The highest BCUT2D eigenvalue weighted by molar-refractivity contribution is 5.94. The second kappa shape index (κ2) is 8.10. The average molecular weight is 447 g/mol. The van der Waals surface area contributed by atoms with Crippen molar-refractivity contribution < 1.29 is 27.5 Å². The zero-order valence-corrected chi connectivity index (χ0v) is 17.1. The van der Waals surface area contributed by atoms with Crippen LogP contribution in [-0.4, -0.2) is 48.7 Å². The van der Waals surface area contributed by atoms with E-state index in [4.69, 9.17) is 5.26 Å². The predicted molar refractivity (Wildman–Crippen MR) is 108 cm³/mol. The number of benzene rings is 2. The van der Waals surface area contributed by atoms with Crippen LogP contribution < -0.4 is 4.90 Å². The lowest BCUT2D eigenvalue weighted by molar-refractivity contribution is -0.137.